The van der Waals surface area contributed by atoms with E-state index in [-0.39, 0.29) is 11.3 Å². The van der Waals surface area contributed by atoms with Crippen molar-refractivity contribution >= 4 is 11.7 Å². The maximum Gasteiger partial charge on any atom is 0.326 e. The monoisotopic (exact) mass is 222 g/mol. The van der Waals surface area contributed by atoms with E-state index >= 15 is 0 Å². The Morgan fingerprint density at radius 3 is 2.88 bits per heavy atom. The number of nitriles is 1. The number of aliphatic carboxylic acids is 1. The van der Waals surface area contributed by atoms with Crippen LogP contribution in [0.2, 0.25) is 0 Å². The van der Waals surface area contributed by atoms with E-state index in [4.69, 9.17) is 10.4 Å². The minimum Gasteiger partial charge on any atom is -0.480 e. The number of nitrogens with zero attached hydrogens (tertiary/aromatic N) is 1. The van der Waals surface area contributed by atoms with E-state index < -0.39 is 17.8 Å². The number of hydrogen-bond acceptors (Lipinski definition) is 3. The van der Waals surface area contributed by atoms with Gasteiger partial charge in [-0.05, 0) is 18.6 Å². The Bertz CT molecular complexity index is 440. The molecular weight excluding hydrogens is 211 g/mol. The van der Waals surface area contributed by atoms with Crippen molar-refractivity contribution in [3.05, 3.63) is 29.6 Å². The molecule has 4 nitrogen and oxygen atoms in total. The lowest BCUT2D eigenvalue weighted by molar-refractivity contribution is -0.137. The summed E-state index contributed by atoms with van der Waals surface area (Å²) < 4.78 is 13.2. The van der Waals surface area contributed by atoms with Crippen molar-refractivity contribution in [2.24, 2.45) is 0 Å². The predicted molar refractivity (Wildman–Crippen MR) is 56.5 cm³/mol. The van der Waals surface area contributed by atoms with Gasteiger partial charge in [-0.1, -0.05) is 13.0 Å². The molecule has 0 heterocycles. The quantitative estimate of drug-likeness (QED) is 0.816. The molecule has 84 valence electrons. The molecule has 0 spiro atoms. The fourth-order valence-corrected chi connectivity index (χ4v) is 1.28. The van der Waals surface area contributed by atoms with Crippen LogP contribution in [0.4, 0.5) is 10.1 Å². The maximum absolute atomic E-state index is 13.2. The molecule has 1 aromatic rings. The summed E-state index contributed by atoms with van der Waals surface area (Å²) in [6, 6.07) is 4.94. The topological polar surface area (TPSA) is 73.1 Å². The zero-order chi connectivity index (χ0) is 12.1. The lowest BCUT2D eigenvalue weighted by atomic mass is 10.1. The number of carbonyl (C=O) groups is 1. The van der Waals surface area contributed by atoms with Gasteiger partial charge in [-0.15, -0.1) is 0 Å². The molecule has 0 amide bonds. The van der Waals surface area contributed by atoms with Crippen LogP contribution >= 0.6 is 0 Å². The molecular formula is C11H11FN2O2. The van der Waals surface area contributed by atoms with Crippen LogP contribution in [0.15, 0.2) is 18.2 Å². The molecule has 0 saturated carbocycles. The lowest BCUT2D eigenvalue weighted by Crippen LogP contribution is -2.28. The van der Waals surface area contributed by atoms with Gasteiger partial charge in [0.2, 0.25) is 0 Å². The molecule has 0 bridgehead atoms. The summed E-state index contributed by atoms with van der Waals surface area (Å²) in [6.07, 6.45) is 0.344. The van der Waals surface area contributed by atoms with Gasteiger partial charge in [-0.2, -0.15) is 5.26 Å². The van der Waals surface area contributed by atoms with Crippen LogP contribution in [-0.2, 0) is 4.79 Å². The van der Waals surface area contributed by atoms with Gasteiger partial charge in [0, 0.05) is 0 Å². The van der Waals surface area contributed by atoms with Crippen molar-refractivity contribution in [2.75, 3.05) is 5.32 Å². The Morgan fingerprint density at radius 2 is 2.38 bits per heavy atom. The van der Waals surface area contributed by atoms with Gasteiger partial charge in [0.05, 0.1) is 5.69 Å². The first kappa shape index (κ1) is 12.0. The minimum atomic E-state index is -1.03. The number of halogens is 1. The summed E-state index contributed by atoms with van der Waals surface area (Å²) in [5, 5.41) is 20.2. The third-order valence-corrected chi connectivity index (χ3v) is 2.16. The summed E-state index contributed by atoms with van der Waals surface area (Å²) in [4.78, 5) is 10.8. The van der Waals surface area contributed by atoms with Crippen LogP contribution in [-0.4, -0.2) is 17.1 Å². The highest BCUT2D eigenvalue weighted by atomic mass is 19.1. The summed E-state index contributed by atoms with van der Waals surface area (Å²) >= 11 is 0. The van der Waals surface area contributed by atoms with E-state index in [1.165, 1.54) is 12.1 Å². The van der Waals surface area contributed by atoms with E-state index in [1.54, 1.807) is 13.0 Å². The third kappa shape index (κ3) is 2.48. The summed E-state index contributed by atoms with van der Waals surface area (Å²) in [5.74, 6) is -1.69. The van der Waals surface area contributed by atoms with Crippen molar-refractivity contribution in [3.8, 4) is 6.07 Å². The molecule has 0 aliphatic heterocycles. The molecule has 2 N–H and O–H groups in total. The standard InChI is InChI=1S/C11H11FN2O2/c1-2-9(11(15)16)14-10-5-3-4-8(12)7(10)6-13/h3-5,9,14H,2H2,1H3,(H,15,16). The molecule has 16 heavy (non-hydrogen) atoms. The van der Waals surface area contributed by atoms with Gasteiger partial charge in [0.25, 0.3) is 0 Å². The Labute approximate surface area is 92.3 Å². The van der Waals surface area contributed by atoms with Crippen LogP contribution < -0.4 is 5.32 Å². The number of benzene rings is 1. The number of carboxylic acids is 1. The van der Waals surface area contributed by atoms with Gasteiger partial charge in [0.1, 0.15) is 23.5 Å². The lowest BCUT2D eigenvalue weighted by Gasteiger charge is -2.14. The van der Waals surface area contributed by atoms with Gasteiger partial charge in [0.15, 0.2) is 0 Å². The summed E-state index contributed by atoms with van der Waals surface area (Å²) in [6.45, 7) is 1.69. The summed E-state index contributed by atoms with van der Waals surface area (Å²) in [7, 11) is 0. The second kappa shape index (κ2) is 5.12. The van der Waals surface area contributed by atoms with Gasteiger partial charge in [-0.25, -0.2) is 9.18 Å². The Balaban J connectivity index is 3.02. The van der Waals surface area contributed by atoms with E-state index in [1.807, 2.05) is 0 Å². The predicted octanol–water partition coefficient (Wildman–Crippen LogP) is 1.97. The Hall–Kier alpha value is -2.09. The molecule has 5 heteroatoms. The molecule has 0 aliphatic carbocycles. The summed E-state index contributed by atoms with van der Waals surface area (Å²) in [5.41, 5.74) is 0.0407. The smallest absolute Gasteiger partial charge is 0.326 e. The first-order valence-corrected chi connectivity index (χ1v) is 4.78. The number of rotatable bonds is 4. The van der Waals surface area contributed by atoms with Gasteiger partial charge < -0.3 is 10.4 Å². The third-order valence-electron chi connectivity index (χ3n) is 2.16. The molecule has 1 atom stereocenters. The van der Waals surface area contributed by atoms with E-state index in [0.29, 0.717) is 6.42 Å². The van der Waals surface area contributed by atoms with E-state index in [0.717, 1.165) is 6.07 Å². The molecule has 1 aromatic carbocycles. The van der Waals surface area contributed by atoms with Crippen LogP contribution in [0.3, 0.4) is 0 Å². The van der Waals surface area contributed by atoms with Crippen molar-refractivity contribution < 1.29 is 14.3 Å². The maximum atomic E-state index is 13.2. The van der Waals surface area contributed by atoms with E-state index in [9.17, 15) is 9.18 Å². The molecule has 1 rings (SSSR count). The number of anilines is 1. The minimum absolute atomic E-state index is 0.165. The van der Waals surface area contributed by atoms with Crippen molar-refractivity contribution in [3.63, 3.8) is 0 Å². The molecule has 0 fully saturated rings. The Kier molecular flexibility index (Phi) is 3.84. The van der Waals surface area contributed by atoms with Crippen LogP contribution in [0.1, 0.15) is 18.9 Å². The van der Waals surface area contributed by atoms with Crippen LogP contribution in [0.5, 0.6) is 0 Å². The number of hydrogen-bond donors (Lipinski definition) is 2. The molecule has 0 radical (unpaired) electrons. The van der Waals surface area contributed by atoms with E-state index in [2.05, 4.69) is 5.32 Å². The first-order chi connectivity index (χ1) is 7.60. The number of nitrogens with one attached hydrogen (secondary N) is 1. The zero-order valence-electron chi connectivity index (χ0n) is 8.70. The number of carboxylic acid groups (broad SMARTS) is 1. The largest absolute Gasteiger partial charge is 0.480 e. The second-order valence-corrected chi connectivity index (χ2v) is 3.22. The highest BCUT2D eigenvalue weighted by Gasteiger charge is 2.17. The average molecular weight is 222 g/mol. The molecule has 0 aromatic heterocycles. The first-order valence-electron chi connectivity index (χ1n) is 4.78. The zero-order valence-corrected chi connectivity index (χ0v) is 8.70. The highest BCUT2D eigenvalue weighted by Crippen LogP contribution is 2.19. The van der Waals surface area contributed by atoms with Gasteiger partial charge in [-0.3, -0.25) is 0 Å². The van der Waals surface area contributed by atoms with Gasteiger partial charge >= 0.3 is 5.97 Å². The average Bonchev–Trinajstić information content (AvgIpc) is 2.25. The molecule has 1 unspecified atom stereocenters. The SMILES string of the molecule is CCC(Nc1cccc(F)c1C#N)C(=O)O. The normalized spacial score (nSPS) is 11.6. The van der Waals surface area contributed by atoms with Crippen molar-refractivity contribution in [1.82, 2.24) is 0 Å². The van der Waals surface area contributed by atoms with Crippen LogP contribution in [0.25, 0.3) is 0 Å². The second-order valence-electron chi connectivity index (χ2n) is 3.22. The van der Waals surface area contributed by atoms with Crippen molar-refractivity contribution in [1.29, 1.82) is 5.26 Å². The fourth-order valence-electron chi connectivity index (χ4n) is 1.28. The van der Waals surface area contributed by atoms with Crippen molar-refractivity contribution in [2.45, 2.75) is 19.4 Å². The Morgan fingerprint density at radius 1 is 1.69 bits per heavy atom. The molecule has 0 saturated heterocycles. The molecule has 0 aliphatic rings. The highest BCUT2D eigenvalue weighted by molar-refractivity contribution is 5.78. The van der Waals surface area contributed by atoms with Crippen LogP contribution in [0, 0.1) is 17.1 Å². The fraction of sp³-hybridized carbons (Fsp3) is 0.273.